The molecular weight excluding hydrogens is 444 g/mol. The number of ether oxygens (including phenoxy) is 2. The van der Waals surface area contributed by atoms with Gasteiger partial charge >= 0.3 is 0 Å². The molecule has 0 aliphatic rings. The maximum Gasteiger partial charge on any atom is 0.177 e. The Hall–Kier alpha value is -4.60. The fraction of sp³-hybridized carbons (Fsp3) is 0.0303. The fourth-order valence-corrected chi connectivity index (χ4v) is 4.41. The Morgan fingerprint density at radius 2 is 1.17 bits per heavy atom. The highest BCUT2D eigenvalue weighted by atomic mass is 16.5. The lowest BCUT2D eigenvalue weighted by Gasteiger charge is -2.17. The third-order valence-corrected chi connectivity index (χ3v) is 6.23. The van der Waals surface area contributed by atoms with Crippen LogP contribution in [-0.2, 0) is 0 Å². The second-order valence-corrected chi connectivity index (χ2v) is 8.69. The van der Waals surface area contributed by atoms with Gasteiger partial charge in [0.05, 0.1) is 0 Å². The SMILES string of the molecule is Cc1ccc(Oc2ccc3cc4ccccc4cc3c2Oc2ccccc2-c2ccccc2)cc1.O. The predicted molar refractivity (Wildman–Crippen MR) is 148 cm³/mol. The molecule has 2 N–H and O–H groups in total. The summed E-state index contributed by atoms with van der Waals surface area (Å²) in [4.78, 5) is 0. The van der Waals surface area contributed by atoms with E-state index >= 15 is 0 Å². The molecule has 0 saturated carbocycles. The smallest absolute Gasteiger partial charge is 0.177 e. The van der Waals surface area contributed by atoms with E-state index in [0.717, 1.165) is 38.8 Å². The molecule has 0 aromatic heterocycles. The lowest BCUT2D eigenvalue weighted by atomic mass is 10.0. The molecule has 0 heterocycles. The molecular formula is C33H26O3. The van der Waals surface area contributed by atoms with E-state index in [0.29, 0.717) is 11.5 Å². The third kappa shape index (κ3) is 4.52. The van der Waals surface area contributed by atoms with E-state index in [1.165, 1.54) is 10.9 Å². The first kappa shape index (κ1) is 23.2. The zero-order valence-corrected chi connectivity index (χ0v) is 19.9. The largest absolute Gasteiger partial charge is 0.453 e. The molecule has 0 spiro atoms. The summed E-state index contributed by atoms with van der Waals surface area (Å²) in [6.45, 7) is 2.07. The average molecular weight is 471 g/mol. The van der Waals surface area contributed by atoms with Crippen LogP contribution in [0.4, 0.5) is 0 Å². The molecule has 0 fully saturated rings. The van der Waals surface area contributed by atoms with Gasteiger partial charge in [0.2, 0.25) is 0 Å². The number of rotatable bonds is 5. The zero-order valence-electron chi connectivity index (χ0n) is 19.9. The summed E-state index contributed by atoms with van der Waals surface area (Å²) >= 11 is 0. The Labute approximate surface area is 210 Å². The maximum atomic E-state index is 6.73. The number of benzene rings is 6. The normalized spacial score (nSPS) is 10.7. The highest BCUT2D eigenvalue weighted by Crippen LogP contribution is 2.44. The van der Waals surface area contributed by atoms with Crippen LogP contribution in [0.15, 0.2) is 127 Å². The standard InChI is InChI=1S/C33H24O2.H2O/c1-23-15-18-28(19-16-23)34-32-20-17-27-21-25-11-5-6-12-26(25)22-30(27)33(32)35-31-14-8-7-13-29(31)24-9-3-2-4-10-24;/h2-22H,1H3;1H2. The van der Waals surface area contributed by atoms with Crippen LogP contribution >= 0.6 is 0 Å². The van der Waals surface area contributed by atoms with Gasteiger partial charge in [0, 0.05) is 10.9 Å². The second-order valence-electron chi connectivity index (χ2n) is 8.69. The highest BCUT2D eigenvalue weighted by molar-refractivity contribution is 6.02. The lowest BCUT2D eigenvalue weighted by Crippen LogP contribution is -1.94. The topological polar surface area (TPSA) is 50.0 Å². The molecule has 176 valence electrons. The van der Waals surface area contributed by atoms with Crippen LogP contribution in [0.3, 0.4) is 0 Å². The number of hydrogen-bond donors (Lipinski definition) is 0. The van der Waals surface area contributed by atoms with Crippen LogP contribution in [0.5, 0.6) is 23.0 Å². The Bertz CT molecular complexity index is 1640. The molecule has 3 nitrogen and oxygen atoms in total. The highest BCUT2D eigenvalue weighted by Gasteiger charge is 2.16. The summed E-state index contributed by atoms with van der Waals surface area (Å²) in [6.07, 6.45) is 0. The molecule has 3 heteroatoms. The van der Waals surface area contributed by atoms with Crippen molar-refractivity contribution in [3.05, 3.63) is 133 Å². The van der Waals surface area contributed by atoms with Gasteiger partial charge in [-0.25, -0.2) is 0 Å². The van der Waals surface area contributed by atoms with Crippen molar-refractivity contribution < 1.29 is 14.9 Å². The van der Waals surface area contributed by atoms with Gasteiger partial charge in [-0.05, 0) is 65.0 Å². The zero-order chi connectivity index (χ0) is 23.6. The third-order valence-electron chi connectivity index (χ3n) is 6.23. The number of para-hydroxylation sites is 1. The maximum absolute atomic E-state index is 6.73. The Kier molecular flexibility index (Phi) is 6.40. The molecule has 0 saturated heterocycles. The minimum atomic E-state index is 0. The van der Waals surface area contributed by atoms with Crippen LogP contribution < -0.4 is 9.47 Å². The van der Waals surface area contributed by atoms with Crippen molar-refractivity contribution in [2.24, 2.45) is 0 Å². The first-order valence-electron chi connectivity index (χ1n) is 11.8. The van der Waals surface area contributed by atoms with Crippen molar-refractivity contribution in [2.45, 2.75) is 6.92 Å². The first-order valence-corrected chi connectivity index (χ1v) is 11.8. The molecule has 36 heavy (non-hydrogen) atoms. The van der Waals surface area contributed by atoms with Crippen molar-refractivity contribution >= 4 is 21.5 Å². The average Bonchev–Trinajstić information content (AvgIpc) is 2.91. The van der Waals surface area contributed by atoms with Gasteiger partial charge in [-0.1, -0.05) is 96.6 Å². The molecule has 0 amide bonds. The van der Waals surface area contributed by atoms with Crippen molar-refractivity contribution in [3.8, 4) is 34.1 Å². The Morgan fingerprint density at radius 1 is 0.500 bits per heavy atom. The van der Waals surface area contributed by atoms with E-state index in [-0.39, 0.29) is 5.48 Å². The molecule has 0 aliphatic carbocycles. The van der Waals surface area contributed by atoms with Gasteiger partial charge < -0.3 is 14.9 Å². The minimum absolute atomic E-state index is 0. The molecule has 6 aromatic carbocycles. The predicted octanol–water partition coefficient (Wildman–Crippen LogP) is 8.73. The number of hydrogen-bond acceptors (Lipinski definition) is 2. The summed E-state index contributed by atoms with van der Waals surface area (Å²) in [5.41, 5.74) is 3.33. The van der Waals surface area contributed by atoms with Crippen molar-refractivity contribution in [1.82, 2.24) is 0 Å². The molecule has 0 unspecified atom stereocenters. The van der Waals surface area contributed by atoms with E-state index in [1.54, 1.807) is 0 Å². The summed E-state index contributed by atoms with van der Waals surface area (Å²) < 4.78 is 13.1. The quantitative estimate of drug-likeness (QED) is 0.237. The van der Waals surface area contributed by atoms with E-state index in [9.17, 15) is 0 Å². The van der Waals surface area contributed by atoms with Crippen LogP contribution in [0.1, 0.15) is 5.56 Å². The van der Waals surface area contributed by atoms with Crippen LogP contribution in [0, 0.1) is 6.92 Å². The fourth-order valence-electron chi connectivity index (χ4n) is 4.41. The van der Waals surface area contributed by atoms with Crippen molar-refractivity contribution in [2.75, 3.05) is 0 Å². The van der Waals surface area contributed by atoms with Gasteiger partial charge in [0.1, 0.15) is 11.5 Å². The molecule has 0 atom stereocenters. The van der Waals surface area contributed by atoms with Gasteiger partial charge in [-0.15, -0.1) is 0 Å². The van der Waals surface area contributed by atoms with E-state index in [2.05, 4.69) is 79.7 Å². The van der Waals surface area contributed by atoms with Crippen LogP contribution in [0.2, 0.25) is 0 Å². The van der Waals surface area contributed by atoms with Gasteiger partial charge in [0.15, 0.2) is 11.5 Å². The summed E-state index contributed by atoms with van der Waals surface area (Å²) in [7, 11) is 0. The van der Waals surface area contributed by atoms with E-state index in [1.807, 2.05) is 54.6 Å². The first-order chi connectivity index (χ1) is 17.2. The van der Waals surface area contributed by atoms with Gasteiger partial charge in [0.25, 0.3) is 0 Å². The Balaban J connectivity index is 0.00000267. The lowest BCUT2D eigenvalue weighted by molar-refractivity contribution is 0.423. The van der Waals surface area contributed by atoms with Gasteiger partial charge in [-0.2, -0.15) is 0 Å². The summed E-state index contributed by atoms with van der Waals surface area (Å²) in [6, 6.07) is 43.4. The summed E-state index contributed by atoms with van der Waals surface area (Å²) in [5.74, 6) is 2.95. The molecule has 6 rings (SSSR count). The molecule has 6 aromatic rings. The van der Waals surface area contributed by atoms with Crippen LogP contribution in [0.25, 0.3) is 32.7 Å². The monoisotopic (exact) mass is 470 g/mol. The van der Waals surface area contributed by atoms with E-state index < -0.39 is 0 Å². The minimum Gasteiger partial charge on any atom is -0.453 e. The van der Waals surface area contributed by atoms with E-state index in [4.69, 9.17) is 9.47 Å². The molecule has 0 radical (unpaired) electrons. The van der Waals surface area contributed by atoms with Crippen molar-refractivity contribution in [3.63, 3.8) is 0 Å². The second kappa shape index (κ2) is 9.95. The number of aryl methyl sites for hydroxylation is 1. The van der Waals surface area contributed by atoms with Gasteiger partial charge in [-0.3, -0.25) is 0 Å². The van der Waals surface area contributed by atoms with Crippen LogP contribution in [-0.4, -0.2) is 5.48 Å². The van der Waals surface area contributed by atoms with Crippen molar-refractivity contribution in [1.29, 1.82) is 0 Å². The molecule has 0 aliphatic heterocycles. The summed E-state index contributed by atoms with van der Waals surface area (Å²) in [5, 5.41) is 4.47. The molecule has 0 bridgehead atoms. The Morgan fingerprint density at radius 3 is 1.94 bits per heavy atom. The number of fused-ring (bicyclic) bond motifs is 2.